The van der Waals surface area contributed by atoms with Crippen molar-refractivity contribution in [1.82, 2.24) is 0 Å². The highest BCUT2D eigenvalue weighted by atomic mass is 16.6. The molecule has 0 radical (unpaired) electrons. The second kappa shape index (κ2) is 7.22. The Kier molecular flexibility index (Phi) is 4.83. The van der Waals surface area contributed by atoms with E-state index in [2.05, 4.69) is 5.10 Å². The maximum Gasteiger partial charge on any atom is 0.269 e. The van der Waals surface area contributed by atoms with Crippen LogP contribution in [0.5, 0.6) is 11.5 Å². The van der Waals surface area contributed by atoms with E-state index in [0.717, 1.165) is 11.3 Å². The molecule has 0 bridgehead atoms. The van der Waals surface area contributed by atoms with Crippen LogP contribution in [-0.4, -0.2) is 30.8 Å². The van der Waals surface area contributed by atoms with Gasteiger partial charge in [0.1, 0.15) is 0 Å². The maximum absolute atomic E-state index is 12.3. The molecule has 0 unspecified atom stereocenters. The molecule has 1 aliphatic rings. The minimum Gasteiger partial charge on any atom is -0.493 e. The van der Waals surface area contributed by atoms with Crippen LogP contribution in [0.1, 0.15) is 18.4 Å². The molecular weight excluding hydrogens is 338 g/mol. The fourth-order valence-electron chi connectivity index (χ4n) is 2.69. The SMILES string of the molecule is COc1ccc(C2=NN(c3ccc([N+](=O)[O-])cc3)C(=O)CC2)cc1OC. The number of hydrogen-bond donors (Lipinski definition) is 0. The van der Waals surface area contributed by atoms with Gasteiger partial charge in [0.05, 0.1) is 30.5 Å². The zero-order valence-electron chi connectivity index (χ0n) is 14.3. The van der Waals surface area contributed by atoms with Gasteiger partial charge in [-0.3, -0.25) is 14.9 Å². The number of hydrogen-bond acceptors (Lipinski definition) is 6. The first-order valence-electron chi connectivity index (χ1n) is 7.90. The Hall–Kier alpha value is -3.42. The van der Waals surface area contributed by atoms with Crippen molar-refractivity contribution in [2.45, 2.75) is 12.8 Å². The van der Waals surface area contributed by atoms with Gasteiger partial charge in [-0.25, -0.2) is 5.01 Å². The summed E-state index contributed by atoms with van der Waals surface area (Å²) >= 11 is 0. The number of nitro benzene ring substituents is 1. The number of nitro groups is 1. The lowest BCUT2D eigenvalue weighted by molar-refractivity contribution is -0.384. The molecule has 0 aromatic heterocycles. The Morgan fingerprint density at radius 1 is 1.04 bits per heavy atom. The van der Waals surface area contributed by atoms with E-state index in [4.69, 9.17) is 9.47 Å². The topological polar surface area (TPSA) is 94.3 Å². The number of anilines is 1. The standard InChI is InChI=1S/C18H17N3O5/c1-25-16-9-3-12(11-17(16)26-2)15-8-10-18(22)20(19-15)13-4-6-14(7-5-13)21(23)24/h3-7,9,11H,8,10H2,1-2H3. The molecular formula is C18H17N3O5. The number of ether oxygens (including phenoxy) is 2. The van der Waals surface area contributed by atoms with Gasteiger partial charge in [0.15, 0.2) is 11.5 Å². The molecule has 0 atom stereocenters. The van der Waals surface area contributed by atoms with Crippen LogP contribution in [0.4, 0.5) is 11.4 Å². The highest BCUT2D eigenvalue weighted by Gasteiger charge is 2.24. The van der Waals surface area contributed by atoms with Gasteiger partial charge in [-0.2, -0.15) is 5.10 Å². The van der Waals surface area contributed by atoms with Crippen molar-refractivity contribution in [3.63, 3.8) is 0 Å². The Labute approximate surface area is 149 Å². The van der Waals surface area contributed by atoms with Crippen molar-refractivity contribution in [3.05, 3.63) is 58.1 Å². The minimum absolute atomic E-state index is 0.0395. The lowest BCUT2D eigenvalue weighted by atomic mass is 10.0. The lowest BCUT2D eigenvalue weighted by Gasteiger charge is -2.24. The molecule has 8 nitrogen and oxygen atoms in total. The Morgan fingerprint density at radius 3 is 2.35 bits per heavy atom. The fraction of sp³-hybridized carbons (Fsp3) is 0.222. The van der Waals surface area contributed by atoms with Gasteiger partial charge in [0, 0.05) is 30.5 Å². The number of nitrogens with zero attached hydrogens (tertiary/aromatic N) is 3. The largest absolute Gasteiger partial charge is 0.493 e. The van der Waals surface area contributed by atoms with Crippen LogP contribution in [-0.2, 0) is 4.79 Å². The molecule has 0 N–H and O–H groups in total. The number of carbonyl (C=O) groups is 1. The van der Waals surface area contributed by atoms with Crippen molar-refractivity contribution in [3.8, 4) is 11.5 Å². The van der Waals surface area contributed by atoms with E-state index >= 15 is 0 Å². The van der Waals surface area contributed by atoms with Crippen LogP contribution < -0.4 is 14.5 Å². The zero-order chi connectivity index (χ0) is 18.7. The molecule has 3 rings (SSSR count). The van der Waals surface area contributed by atoms with E-state index in [1.165, 1.54) is 29.3 Å². The summed E-state index contributed by atoms with van der Waals surface area (Å²) in [6, 6.07) is 11.2. The number of non-ortho nitro benzene ring substituents is 1. The highest BCUT2D eigenvalue weighted by Crippen LogP contribution is 2.30. The molecule has 1 heterocycles. The van der Waals surface area contributed by atoms with Crippen molar-refractivity contribution in [2.75, 3.05) is 19.2 Å². The minimum atomic E-state index is -0.486. The van der Waals surface area contributed by atoms with Gasteiger partial charge < -0.3 is 9.47 Å². The van der Waals surface area contributed by atoms with E-state index in [1.54, 1.807) is 20.3 Å². The fourth-order valence-corrected chi connectivity index (χ4v) is 2.69. The summed E-state index contributed by atoms with van der Waals surface area (Å²) in [5.41, 5.74) is 1.99. The number of benzene rings is 2. The normalized spacial score (nSPS) is 14.0. The molecule has 134 valence electrons. The predicted octanol–water partition coefficient (Wildman–Crippen LogP) is 3.14. The summed E-state index contributed by atoms with van der Waals surface area (Å²) in [4.78, 5) is 22.5. The summed E-state index contributed by atoms with van der Waals surface area (Å²) in [5, 5.41) is 16.5. The summed E-state index contributed by atoms with van der Waals surface area (Å²) in [6.45, 7) is 0. The Bertz CT molecular complexity index is 877. The van der Waals surface area contributed by atoms with Crippen molar-refractivity contribution >= 4 is 23.0 Å². The third-order valence-electron chi connectivity index (χ3n) is 4.05. The van der Waals surface area contributed by atoms with Crippen LogP contribution in [0.2, 0.25) is 0 Å². The van der Waals surface area contributed by atoms with E-state index in [9.17, 15) is 14.9 Å². The summed E-state index contributed by atoms with van der Waals surface area (Å²) < 4.78 is 10.5. The van der Waals surface area contributed by atoms with Crippen LogP contribution >= 0.6 is 0 Å². The highest BCUT2D eigenvalue weighted by molar-refractivity contribution is 6.09. The molecule has 0 spiro atoms. The summed E-state index contributed by atoms with van der Waals surface area (Å²) in [6.07, 6.45) is 0.794. The molecule has 1 aliphatic heterocycles. The number of carbonyl (C=O) groups excluding carboxylic acids is 1. The van der Waals surface area contributed by atoms with Gasteiger partial charge >= 0.3 is 0 Å². The molecule has 8 heteroatoms. The van der Waals surface area contributed by atoms with Crippen molar-refractivity contribution in [2.24, 2.45) is 5.10 Å². The molecule has 0 aliphatic carbocycles. The van der Waals surface area contributed by atoms with Gasteiger partial charge in [0.25, 0.3) is 5.69 Å². The molecule has 0 fully saturated rings. The van der Waals surface area contributed by atoms with Crippen LogP contribution in [0.25, 0.3) is 0 Å². The Morgan fingerprint density at radius 2 is 1.73 bits per heavy atom. The third-order valence-corrected chi connectivity index (χ3v) is 4.05. The number of hydrazone groups is 1. The lowest BCUT2D eigenvalue weighted by Crippen LogP contribution is -2.31. The van der Waals surface area contributed by atoms with E-state index in [-0.39, 0.29) is 11.6 Å². The average Bonchev–Trinajstić information content (AvgIpc) is 2.68. The third kappa shape index (κ3) is 3.34. The average molecular weight is 355 g/mol. The first kappa shape index (κ1) is 17.4. The molecule has 2 aromatic rings. The number of rotatable bonds is 5. The van der Waals surface area contributed by atoms with Crippen LogP contribution in [0, 0.1) is 10.1 Å². The van der Waals surface area contributed by atoms with Gasteiger partial charge in [0.2, 0.25) is 5.91 Å². The van der Waals surface area contributed by atoms with Crippen molar-refractivity contribution in [1.29, 1.82) is 0 Å². The van der Waals surface area contributed by atoms with Gasteiger partial charge in [-0.1, -0.05) is 0 Å². The molecule has 1 amide bonds. The molecule has 0 saturated carbocycles. The van der Waals surface area contributed by atoms with E-state index < -0.39 is 4.92 Å². The van der Waals surface area contributed by atoms with Crippen molar-refractivity contribution < 1.29 is 19.2 Å². The number of methoxy groups -OCH3 is 2. The molecule has 2 aromatic carbocycles. The van der Waals surface area contributed by atoms with Gasteiger partial charge in [-0.15, -0.1) is 0 Å². The zero-order valence-corrected chi connectivity index (χ0v) is 14.3. The summed E-state index contributed by atoms with van der Waals surface area (Å²) in [7, 11) is 3.11. The number of amides is 1. The predicted molar refractivity (Wildman–Crippen MR) is 95.9 cm³/mol. The van der Waals surface area contributed by atoms with E-state index in [0.29, 0.717) is 30.0 Å². The smallest absolute Gasteiger partial charge is 0.269 e. The van der Waals surface area contributed by atoms with E-state index in [1.807, 2.05) is 12.1 Å². The summed E-state index contributed by atoms with van der Waals surface area (Å²) in [5.74, 6) is 1.02. The second-order valence-corrected chi connectivity index (χ2v) is 5.60. The van der Waals surface area contributed by atoms with Crippen LogP contribution in [0.15, 0.2) is 47.6 Å². The quantitative estimate of drug-likeness (QED) is 0.606. The Balaban J connectivity index is 1.95. The first-order valence-corrected chi connectivity index (χ1v) is 7.90. The maximum atomic E-state index is 12.3. The monoisotopic (exact) mass is 355 g/mol. The first-order chi connectivity index (χ1) is 12.5. The van der Waals surface area contributed by atoms with Crippen LogP contribution in [0.3, 0.4) is 0 Å². The molecule has 26 heavy (non-hydrogen) atoms. The van der Waals surface area contributed by atoms with Gasteiger partial charge in [-0.05, 0) is 30.3 Å². The second-order valence-electron chi connectivity index (χ2n) is 5.60. The molecule has 0 saturated heterocycles.